The number of pyridine rings is 1. The molecule has 1 aromatic carbocycles. The average Bonchev–Trinajstić information content (AvgIpc) is 2.48. The van der Waals surface area contributed by atoms with E-state index >= 15 is 0 Å². The Labute approximate surface area is 126 Å². The number of para-hydroxylation sites is 1. The van der Waals surface area contributed by atoms with Crippen LogP contribution < -0.4 is 4.90 Å². The number of rotatable bonds is 5. The van der Waals surface area contributed by atoms with Crippen LogP contribution in [0.4, 0.5) is 11.4 Å². The maximum absolute atomic E-state index is 9.49. The normalized spacial score (nSPS) is 10.2. The van der Waals surface area contributed by atoms with Gasteiger partial charge in [0.2, 0.25) is 0 Å². The number of benzene rings is 1. The van der Waals surface area contributed by atoms with Crippen LogP contribution in [-0.4, -0.2) is 11.5 Å². The Morgan fingerprint density at radius 2 is 1.90 bits per heavy atom. The molecule has 0 fully saturated rings. The van der Waals surface area contributed by atoms with Gasteiger partial charge in [-0.25, -0.2) is 0 Å². The highest BCUT2D eigenvalue weighted by Crippen LogP contribution is 2.30. The summed E-state index contributed by atoms with van der Waals surface area (Å²) >= 11 is 0. The molecule has 1 heterocycles. The molecule has 0 aliphatic heterocycles. The molecule has 2 aromatic rings. The van der Waals surface area contributed by atoms with Crippen molar-refractivity contribution in [1.82, 2.24) is 4.98 Å². The molecule has 0 bridgehead atoms. The van der Waals surface area contributed by atoms with Gasteiger partial charge in [0.25, 0.3) is 0 Å². The van der Waals surface area contributed by atoms with Crippen molar-refractivity contribution < 1.29 is 0 Å². The first kappa shape index (κ1) is 15.1. The molecule has 0 radical (unpaired) electrons. The van der Waals surface area contributed by atoms with E-state index in [4.69, 9.17) is 0 Å². The van der Waals surface area contributed by atoms with Crippen molar-refractivity contribution in [3.63, 3.8) is 0 Å². The van der Waals surface area contributed by atoms with Crippen LogP contribution in [0.25, 0.3) is 0 Å². The molecule has 21 heavy (non-hydrogen) atoms. The summed E-state index contributed by atoms with van der Waals surface area (Å²) in [6, 6.07) is 14.6. The fourth-order valence-corrected chi connectivity index (χ4v) is 2.47. The van der Waals surface area contributed by atoms with Crippen molar-refractivity contribution in [3.8, 4) is 6.07 Å². The minimum absolute atomic E-state index is 0.667. The molecule has 0 amide bonds. The molecule has 3 heteroatoms. The molecule has 2 rings (SSSR count). The van der Waals surface area contributed by atoms with Crippen molar-refractivity contribution in [2.75, 3.05) is 11.4 Å². The van der Waals surface area contributed by atoms with E-state index < -0.39 is 0 Å². The number of anilines is 2. The van der Waals surface area contributed by atoms with Crippen LogP contribution in [0.2, 0.25) is 0 Å². The van der Waals surface area contributed by atoms with Gasteiger partial charge in [0.1, 0.15) is 6.07 Å². The van der Waals surface area contributed by atoms with Crippen LogP contribution in [0.5, 0.6) is 0 Å². The molecule has 0 spiro atoms. The first-order valence-corrected chi connectivity index (χ1v) is 7.38. The lowest BCUT2D eigenvalue weighted by molar-refractivity contribution is 0.784. The van der Waals surface area contributed by atoms with Gasteiger partial charge in [0.15, 0.2) is 0 Å². The number of nitrogens with zero attached hydrogens (tertiary/aromatic N) is 3. The number of aromatic nitrogens is 1. The Kier molecular flexibility index (Phi) is 4.94. The van der Waals surface area contributed by atoms with E-state index in [1.165, 1.54) is 0 Å². The number of hydrogen-bond acceptors (Lipinski definition) is 3. The molecule has 0 saturated carbocycles. The summed E-state index contributed by atoms with van der Waals surface area (Å²) in [5.41, 5.74) is 4.49. The second kappa shape index (κ2) is 6.90. The van der Waals surface area contributed by atoms with Crippen molar-refractivity contribution in [1.29, 1.82) is 5.26 Å². The average molecular weight is 279 g/mol. The van der Waals surface area contributed by atoms with Crippen molar-refractivity contribution >= 4 is 11.4 Å². The second-order valence-electron chi connectivity index (χ2n) is 5.20. The Morgan fingerprint density at radius 3 is 2.52 bits per heavy atom. The van der Waals surface area contributed by atoms with E-state index in [2.05, 4.69) is 35.0 Å². The first-order valence-electron chi connectivity index (χ1n) is 7.38. The number of aryl methyl sites for hydroxylation is 2. The summed E-state index contributed by atoms with van der Waals surface area (Å²) in [6.45, 7) is 6.95. The van der Waals surface area contributed by atoms with Crippen molar-refractivity contribution in [2.24, 2.45) is 0 Å². The molecule has 0 saturated heterocycles. The van der Waals surface area contributed by atoms with Gasteiger partial charge in [-0.15, -0.1) is 0 Å². The molecule has 0 aliphatic carbocycles. The van der Waals surface area contributed by atoms with Crippen LogP contribution >= 0.6 is 0 Å². The largest absolute Gasteiger partial charge is 0.340 e. The maximum Gasteiger partial charge on any atom is 0.103 e. The van der Waals surface area contributed by atoms with E-state index in [9.17, 15) is 5.26 Å². The fourth-order valence-electron chi connectivity index (χ4n) is 2.47. The Morgan fingerprint density at radius 1 is 1.19 bits per heavy atom. The zero-order chi connectivity index (χ0) is 15.2. The van der Waals surface area contributed by atoms with E-state index in [1.54, 1.807) is 0 Å². The van der Waals surface area contributed by atoms with E-state index in [0.29, 0.717) is 5.56 Å². The molecular weight excluding hydrogens is 258 g/mol. The lowest BCUT2D eigenvalue weighted by Crippen LogP contribution is -2.20. The minimum Gasteiger partial charge on any atom is -0.340 e. The summed E-state index contributed by atoms with van der Waals surface area (Å²) < 4.78 is 0. The highest BCUT2D eigenvalue weighted by atomic mass is 15.1. The first-order chi connectivity index (χ1) is 10.2. The van der Waals surface area contributed by atoms with Crippen LogP contribution in [-0.2, 0) is 0 Å². The molecular formula is C18H21N3. The zero-order valence-electron chi connectivity index (χ0n) is 12.9. The summed E-state index contributed by atoms with van der Waals surface area (Å²) in [6.07, 6.45) is 2.20. The topological polar surface area (TPSA) is 39.9 Å². The predicted molar refractivity (Wildman–Crippen MR) is 86.8 cm³/mol. The van der Waals surface area contributed by atoms with Gasteiger partial charge in [0.05, 0.1) is 16.9 Å². The quantitative estimate of drug-likeness (QED) is 0.808. The minimum atomic E-state index is 0.667. The fraction of sp³-hybridized carbons (Fsp3) is 0.333. The lowest BCUT2D eigenvalue weighted by Gasteiger charge is -2.26. The number of hydrogen-bond donors (Lipinski definition) is 0. The summed E-state index contributed by atoms with van der Waals surface area (Å²) in [5.74, 6) is 0. The summed E-state index contributed by atoms with van der Waals surface area (Å²) in [5, 5.41) is 9.49. The zero-order valence-corrected chi connectivity index (χ0v) is 12.9. The Bertz CT molecular complexity index is 642. The highest BCUT2D eigenvalue weighted by Gasteiger charge is 2.16. The number of unbranched alkanes of at least 4 members (excludes halogenated alkanes) is 1. The third-order valence-electron chi connectivity index (χ3n) is 3.51. The smallest absolute Gasteiger partial charge is 0.103 e. The third-order valence-corrected chi connectivity index (χ3v) is 3.51. The molecule has 0 atom stereocenters. The summed E-state index contributed by atoms with van der Waals surface area (Å²) in [7, 11) is 0. The second-order valence-corrected chi connectivity index (χ2v) is 5.20. The lowest BCUT2D eigenvalue weighted by atomic mass is 10.1. The van der Waals surface area contributed by atoms with E-state index in [0.717, 1.165) is 42.1 Å². The van der Waals surface area contributed by atoms with Gasteiger partial charge in [-0.2, -0.15) is 5.26 Å². The Balaban J connectivity index is 2.54. The van der Waals surface area contributed by atoms with Crippen molar-refractivity contribution in [2.45, 2.75) is 33.6 Å². The van der Waals surface area contributed by atoms with Crippen molar-refractivity contribution in [3.05, 3.63) is 53.3 Å². The van der Waals surface area contributed by atoms with Gasteiger partial charge in [-0.1, -0.05) is 31.5 Å². The van der Waals surface area contributed by atoms with Crippen LogP contribution in [0.3, 0.4) is 0 Å². The van der Waals surface area contributed by atoms with Gasteiger partial charge >= 0.3 is 0 Å². The van der Waals surface area contributed by atoms with Gasteiger partial charge < -0.3 is 4.90 Å². The monoisotopic (exact) mass is 279 g/mol. The SMILES string of the molecule is CCCCN(c1ccccc1)c1cc(C)nc(C)c1C#N. The standard InChI is InChI=1S/C18H21N3/c1-4-5-11-21(16-9-7-6-8-10-16)18-12-14(2)20-15(3)17(18)13-19/h6-10,12H,4-5,11H2,1-3H3. The predicted octanol–water partition coefficient (Wildman–Crippen LogP) is 4.51. The third kappa shape index (κ3) is 3.41. The molecule has 3 nitrogen and oxygen atoms in total. The van der Waals surface area contributed by atoms with Gasteiger partial charge in [0, 0.05) is 17.9 Å². The highest BCUT2D eigenvalue weighted by molar-refractivity contribution is 5.70. The van der Waals surface area contributed by atoms with Gasteiger partial charge in [-0.3, -0.25) is 4.98 Å². The van der Waals surface area contributed by atoms with Crippen LogP contribution in [0, 0.1) is 25.2 Å². The maximum atomic E-state index is 9.49. The van der Waals surface area contributed by atoms with Crippen LogP contribution in [0.1, 0.15) is 36.7 Å². The van der Waals surface area contributed by atoms with E-state index in [-0.39, 0.29) is 0 Å². The molecule has 1 aromatic heterocycles. The molecule has 108 valence electrons. The number of nitriles is 1. The molecule has 0 N–H and O–H groups in total. The summed E-state index contributed by atoms with van der Waals surface area (Å²) in [4.78, 5) is 6.64. The Hall–Kier alpha value is -2.34. The molecule has 0 unspecified atom stereocenters. The van der Waals surface area contributed by atoms with Gasteiger partial charge in [-0.05, 0) is 38.5 Å². The van der Waals surface area contributed by atoms with E-state index in [1.807, 2.05) is 38.1 Å². The van der Waals surface area contributed by atoms with Crippen LogP contribution in [0.15, 0.2) is 36.4 Å². The molecule has 0 aliphatic rings.